The first kappa shape index (κ1) is 30.3. The van der Waals surface area contributed by atoms with Crippen LogP contribution in [-0.4, -0.2) is 74.6 Å². The molecule has 12 nitrogen and oxygen atoms in total. The number of nitrogens with one attached hydrogen (secondary N) is 5. The van der Waals surface area contributed by atoms with Crippen LogP contribution in [0.1, 0.15) is 25.0 Å². The molecule has 4 atom stereocenters. The van der Waals surface area contributed by atoms with Crippen LogP contribution in [0.15, 0.2) is 60.9 Å². The number of carboxylic acid groups (broad SMARTS) is 1. The molecule has 0 saturated carbocycles. The molecule has 0 aliphatic heterocycles. The second kappa shape index (κ2) is 13.3. The number of amides is 3. The number of para-hydroxylation sites is 2. The molecule has 0 saturated heterocycles. The van der Waals surface area contributed by atoms with Gasteiger partial charge in [-0.3, -0.25) is 14.4 Å². The maximum absolute atomic E-state index is 13.8. The summed E-state index contributed by atoms with van der Waals surface area (Å²) < 4.78 is 0. The summed E-state index contributed by atoms with van der Waals surface area (Å²) >= 11 is 0. The molecule has 2 aromatic carbocycles. The Morgan fingerprint density at radius 3 is 1.60 bits per heavy atom. The van der Waals surface area contributed by atoms with Gasteiger partial charge < -0.3 is 41.9 Å². The highest BCUT2D eigenvalue weighted by atomic mass is 16.4. The summed E-state index contributed by atoms with van der Waals surface area (Å²) in [4.78, 5) is 57.9. The number of benzene rings is 2. The van der Waals surface area contributed by atoms with E-state index in [0.717, 1.165) is 27.4 Å². The van der Waals surface area contributed by atoms with E-state index in [1.807, 2.05) is 48.5 Å². The van der Waals surface area contributed by atoms with E-state index in [-0.39, 0.29) is 18.8 Å². The van der Waals surface area contributed by atoms with Gasteiger partial charge in [-0.25, -0.2) is 4.79 Å². The maximum atomic E-state index is 13.8. The topological polar surface area (TPSA) is 202 Å². The highest BCUT2D eigenvalue weighted by Crippen LogP contribution is 2.21. The van der Waals surface area contributed by atoms with Gasteiger partial charge in [0.1, 0.15) is 18.1 Å². The zero-order valence-electron chi connectivity index (χ0n) is 23.4. The van der Waals surface area contributed by atoms with E-state index in [1.54, 1.807) is 26.2 Å². The molecule has 0 spiro atoms. The normalized spacial score (nSPS) is 14.3. The Bertz CT molecular complexity index is 1580. The highest BCUT2D eigenvalue weighted by Gasteiger charge is 2.32. The van der Waals surface area contributed by atoms with Gasteiger partial charge in [0.15, 0.2) is 0 Å². The summed E-state index contributed by atoms with van der Waals surface area (Å²) in [5, 5.41) is 28.3. The molecule has 0 radical (unpaired) electrons. The molecule has 0 aliphatic rings. The van der Waals surface area contributed by atoms with Crippen molar-refractivity contribution < 1.29 is 29.4 Å². The molecule has 9 N–H and O–H groups in total. The lowest BCUT2D eigenvalue weighted by molar-refractivity contribution is -0.143. The number of rotatable bonds is 13. The van der Waals surface area contributed by atoms with Gasteiger partial charge in [0.2, 0.25) is 17.7 Å². The van der Waals surface area contributed by atoms with Crippen LogP contribution in [0, 0.1) is 5.92 Å². The Morgan fingerprint density at radius 1 is 0.738 bits per heavy atom. The van der Waals surface area contributed by atoms with Crippen LogP contribution >= 0.6 is 0 Å². The molecule has 2 aromatic heterocycles. The average molecular weight is 577 g/mol. The Balaban J connectivity index is 1.64. The number of carbonyl (C=O) groups is 4. The summed E-state index contributed by atoms with van der Waals surface area (Å²) in [6.45, 7) is 2.75. The first-order valence-corrected chi connectivity index (χ1v) is 13.7. The summed E-state index contributed by atoms with van der Waals surface area (Å²) in [7, 11) is 0. The van der Waals surface area contributed by atoms with Gasteiger partial charge in [-0.1, -0.05) is 50.2 Å². The predicted octanol–water partition coefficient (Wildman–Crippen LogP) is 0.949. The molecule has 0 bridgehead atoms. The van der Waals surface area contributed by atoms with Crippen molar-refractivity contribution in [2.24, 2.45) is 11.7 Å². The smallest absolute Gasteiger partial charge is 0.328 e. The average Bonchev–Trinajstić information content (AvgIpc) is 3.58. The summed E-state index contributed by atoms with van der Waals surface area (Å²) in [5.74, 6) is -3.58. The second-order valence-corrected chi connectivity index (χ2v) is 10.6. The number of hydrogen-bond acceptors (Lipinski definition) is 6. The number of carbonyl (C=O) groups excluding carboxylic acids is 3. The number of fused-ring (bicyclic) bond motifs is 2. The van der Waals surface area contributed by atoms with Crippen molar-refractivity contribution in [2.45, 2.75) is 50.9 Å². The van der Waals surface area contributed by atoms with E-state index in [9.17, 15) is 29.4 Å². The van der Waals surface area contributed by atoms with Crippen LogP contribution in [0.4, 0.5) is 0 Å². The number of aliphatic hydroxyl groups excluding tert-OH is 1. The second-order valence-electron chi connectivity index (χ2n) is 10.6. The number of carboxylic acids is 1. The van der Waals surface area contributed by atoms with E-state index < -0.39 is 54.5 Å². The zero-order chi connectivity index (χ0) is 30.4. The van der Waals surface area contributed by atoms with Crippen molar-refractivity contribution >= 4 is 45.5 Å². The molecule has 0 aliphatic carbocycles. The maximum Gasteiger partial charge on any atom is 0.328 e. The molecule has 4 rings (SSSR count). The van der Waals surface area contributed by atoms with Crippen molar-refractivity contribution in [3.05, 3.63) is 72.1 Å². The number of aromatic amines is 2. The highest BCUT2D eigenvalue weighted by molar-refractivity contribution is 5.95. The van der Waals surface area contributed by atoms with Crippen molar-refractivity contribution in [3.8, 4) is 0 Å². The van der Waals surface area contributed by atoms with Crippen LogP contribution < -0.4 is 21.7 Å². The minimum atomic E-state index is -1.56. The number of nitrogens with two attached hydrogens (primary N) is 1. The molecule has 4 unspecified atom stereocenters. The number of aromatic nitrogens is 2. The van der Waals surface area contributed by atoms with Crippen LogP contribution in [0.3, 0.4) is 0 Å². The minimum Gasteiger partial charge on any atom is -0.480 e. The van der Waals surface area contributed by atoms with Crippen LogP contribution in [0.25, 0.3) is 21.8 Å². The quantitative estimate of drug-likeness (QED) is 0.116. The first-order chi connectivity index (χ1) is 20.1. The number of H-pyrrole nitrogens is 2. The SMILES string of the molecule is CC(C)C(N)C(=O)NC(Cc1c[nH]c2ccccc12)C(=O)NC(Cc1c[nH]c2ccccc12)C(=O)NC(CO)C(=O)O. The van der Waals surface area contributed by atoms with Gasteiger partial charge in [0.25, 0.3) is 0 Å². The van der Waals surface area contributed by atoms with Crippen molar-refractivity contribution in [1.29, 1.82) is 0 Å². The predicted molar refractivity (Wildman–Crippen MR) is 157 cm³/mol. The van der Waals surface area contributed by atoms with Gasteiger partial charge in [-0.05, 0) is 29.2 Å². The lowest BCUT2D eigenvalue weighted by Crippen LogP contribution is -2.58. The van der Waals surface area contributed by atoms with E-state index in [1.165, 1.54) is 0 Å². The zero-order valence-corrected chi connectivity index (χ0v) is 23.4. The first-order valence-electron chi connectivity index (χ1n) is 13.7. The van der Waals surface area contributed by atoms with Crippen molar-refractivity contribution in [3.63, 3.8) is 0 Å². The lowest BCUT2D eigenvalue weighted by atomic mass is 10.00. The van der Waals surface area contributed by atoms with Gasteiger partial charge in [0, 0.05) is 47.0 Å². The Kier molecular flexibility index (Phi) is 9.60. The fraction of sp³-hybridized carbons (Fsp3) is 0.333. The fourth-order valence-corrected chi connectivity index (χ4v) is 4.76. The molecule has 222 valence electrons. The van der Waals surface area contributed by atoms with Gasteiger partial charge in [-0.2, -0.15) is 0 Å². The molecular weight excluding hydrogens is 540 g/mol. The fourth-order valence-electron chi connectivity index (χ4n) is 4.76. The van der Waals surface area contributed by atoms with E-state index >= 15 is 0 Å². The summed E-state index contributed by atoms with van der Waals surface area (Å²) in [6.07, 6.45) is 3.58. The van der Waals surface area contributed by atoms with Crippen molar-refractivity contribution in [1.82, 2.24) is 25.9 Å². The minimum absolute atomic E-state index is 0.0125. The van der Waals surface area contributed by atoms with Gasteiger partial charge >= 0.3 is 5.97 Å². The number of hydrogen-bond donors (Lipinski definition) is 8. The molecular formula is C30H36N6O6. The molecule has 2 heterocycles. The number of aliphatic hydroxyl groups is 1. The standard InChI is InChI=1S/C30H36N6O6/c1-16(2)26(31)29(40)35-24(12-18-14-33-22-10-6-4-8-20(18)22)27(38)34-23(28(39)36-25(15-37)30(41)42)11-17-13-32-21-9-5-3-7-19(17)21/h3-10,13-14,16,23-26,32-33,37H,11-12,15,31H2,1-2H3,(H,34,38)(H,35,40)(H,36,39)(H,41,42). The Hall–Kier alpha value is -4.68. The summed E-state index contributed by atoms with van der Waals surface area (Å²) in [5.41, 5.74) is 9.23. The van der Waals surface area contributed by atoms with Crippen LogP contribution in [0.2, 0.25) is 0 Å². The lowest BCUT2D eigenvalue weighted by Gasteiger charge is -2.25. The molecule has 0 fully saturated rings. The third-order valence-electron chi connectivity index (χ3n) is 7.28. The number of aliphatic carboxylic acids is 1. The van der Waals surface area contributed by atoms with Crippen LogP contribution in [-0.2, 0) is 32.0 Å². The van der Waals surface area contributed by atoms with E-state index in [2.05, 4.69) is 25.9 Å². The molecule has 4 aromatic rings. The Labute approximate surface area is 242 Å². The molecule has 12 heteroatoms. The van der Waals surface area contributed by atoms with Gasteiger partial charge in [0.05, 0.1) is 12.6 Å². The van der Waals surface area contributed by atoms with E-state index in [0.29, 0.717) is 5.56 Å². The third kappa shape index (κ3) is 6.96. The third-order valence-corrected chi connectivity index (χ3v) is 7.28. The van der Waals surface area contributed by atoms with Crippen molar-refractivity contribution in [2.75, 3.05) is 6.61 Å². The van der Waals surface area contributed by atoms with E-state index in [4.69, 9.17) is 5.73 Å². The summed E-state index contributed by atoms with van der Waals surface area (Å²) in [6, 6.07) is 10.2. The molecule has 3 amide bonds. The van der Waals surface area contributed by atoms with Gasteiger partial charge in [-0.15, -0.1) is 0 Å². The monoisotopic (exact) mass is 576 g/mol. The largest absolute Gasteiger partial charge is 0.480 e. The van der Waals surface area contributed by atoms with Crippen LogP contribution in [0.5, 0.6) is 0 Å². The molecule has 42 heavy (non-hydrogen) atoms. The Morgan fingerprint density at radius 2 is 1.17 bits per heavy atom.